The van der Waals surface area contributed by atoms with Crippen LogP contribution >= 0.6 is 81.2 Å². The molecule has 0 aromatic rings. The lowest BCUT2D eigenvalue weighted by atomic mass is 10.9. The molecule has 0 aliphatic rings. The van der Waals surface area contributed by atoms with Crippen molar-refractivity contribution in [1.82, 2.24) is 0 Å². The first kappa shape index (κ1) is 14.5. The maximum atomic E-state index is 5.11. The van der Waals surface area contributed by atoms with Crippen molar-refractivity contribution >= 4 is 81.2 Å². The third-order valence-electron chi connectivity index (χ3n) is 0.190. The summed E-state index contributed by atoms with van der Waals surface area (Å²) in [6.07, 6.45) is 0. The van der Waals surface area contributed by atoms with Gasteiger partial charge >= 0.3 is 0 Å². The van der Waals surface area contributed by atoms with Gasteiger partial charge < -0.3 is 0 Å². The van der Waals surface area contributed by atoms with Crippen LogP contribution in [-0.2, 0) is 0 Å². The first-order valence-corrected chi connectivity index (χ1v) is 4.92. The Morgan fingerprint density at radius 2 is 0.600 bits per heavy atom. The largest absolute Gasteiger partial charge is 0.180 e. The zero-order valence-corrected chi connectivity index (χ0v) is 9.67. The summed E-state index contributed by atoms with van der Waals surface area (Å²) in [4.78, 5) is -1.35. The Labute approximate surface area is 94.6 Å². The van der Waals surface area contributed by atoms with Gasteiger partial charge in [-0.2, -0.15) is 0 Å². The highest BCUT2D eigenvalue weighted by Crippen LogP contribution is 2.16. The van der Waals surface area contributed by atoms with Crippen molar-refractivity contribution < 1.29 is 0 Å². The molecule has 0 spiro atoms. The number of hydrogen-bond acceptors (Lipinski definition) is 0. The third-order valence-corrected chi connectivity index (χ3v) is 1.71. The van der Waals surface area contributed by atoms with E-state index in [0.29, 0.717) is 0 Å². The Morgan fingerprint density at radius 1 is 0.500 bits per heavy atom. The molecule has 0 aliphatic heterocycles. The van der Waals surface area contributed by atoms with E-state index in [1.54, 1.807) is 0 Å². The predicted molar refractivity (Wildman–Crippen MR) is 52.3 cm³/mol. The first-order valence-electron chi connectivity index (χ1n) is 1.86. The second kappa shape index (κ2) is 9.12. The molecule has 10 heavy (non-hydrogen) atoms. The van der Waals surface area contributed by atoms with Crippen molar-refractivity contribution in [3.8, 4) is 0 Å². The van der Waals surface area contributed by atoms with Crippen LogP contribution in [0.1, 0.15) is 0 Å². The van der Waals surface area contributed by atoms with Gasteiger partial charge in [0.2, 0.25) is 0 Å². The minimum atomic E-state index is -0.750. The Bertz CT molecular complexity index is 51.1. The van der Waals surface area contributed by atoms with Crippen LogP contribution in [0.3, 0.4) is 0 Å². The van der Waals surface area contributed by atoms with Gasteiger partial charge in [-0.25, -0.2) is 0 Å². The number of rotatable bonds is 1. The van der Waals surface area contributed by atoms with Gasteiger partial charge in [-0.15, -0.1) is 46.4 Å². The molecule has 0 aliphatic carbocycles. The van der Waals surface area contributed by atoms with E-state index in [0.717, 1.165) is 0 Å². The Morgan fingerprint density at radius 3 is 0.600 bits per heavy atom. The van der Waals surface area contributed by atoms with Gasteiger partial charge in [-0.1, -0.05) is 34.8 Å². The fourth-order valence-corrected chi connectivity index (χ4v) is 0. The average Bonchev–Trinajstić information content (AvgIpc) is 1.63. The number of hydrogen-bond donors (Lipinski definition) is 0. The van der Waals surface area contributed by atoms with Crippen molar-refractivity contribution in [3.05, 3.63) is 0 Å². The van der Waals surface area contributed by atoms with Crippen molar-refractivity contribution in [3.63, 3.8) is 0 Å². The van der Waals surface area contributed by atoms with E-state index in [2.05, 4.69) is 0 Å². The second-order valence-corrected chi connectivity index (χ2v) is 5.22. The van der Waals surface area contributed by atoms with Crippen molar-refractivity contribution in [2.45, 2.75) is 14.0 Å². The van der Waals surface area contributed by atoms with Crippen LogP contribution in [0.2, 0.25) is 0 Å². The average molecular weight is 287 g/mol. The summed E-state index contributed by atoms with van der Waals surface area (Å²) in [5.74, 6) is 0. The van der Waals surface area contributed by atoms with Crippen LogP contribution in [0.25, 0.3) is 0 Å². The third kappa shape index (κ3) is 22.5. The lowest BCUT2D eigenvalue weighted by Gasteiger charge is -1.95. The van der Waals surface area contributed by atoms with Crippen LogP contribution < -0.4 is 0 Å². The molecule has 0 radical (unpaired) electrons. The van der Waals surface area contributed by atoms with E-state index < -0.39 is 14.0 Å². The van der Waals surface area contributed by atoms with Crippen LogP contribution in [0.15, 0.2) is 0 Å². The molecule has 0 atom stereocenters. The minimum Gasteiger partial charge on any atom is -0.102 e. The molecule has 0 aromatic carbocycles. The molecule has 0 saturated heterocycles. The molecule has 0 rings (SSSR count). The van der Waals surface area contributed by atoms with Gasteiger partial charge in [0, 0.05) is 0 Å². The van der Waals surface area contributed by atoms with Crippen molar-refractivity contribution in [2.75, 3.05) is 0 Å². The van der Waals surface area contributed by atoms with Crippen molar-refractivity contribution in [1.29, 1.82) is 0 Å². The molecule has 0 N–H and O–H groups in total. The van der Waals surface area contributed by atoms with Gasteiger partial charge in [0.1, 0.15) is 9.67 Å². The summed E-state index contributed by atoms with van der Waals surface area (Å²) in [5, 5.41) is 0. The number of halogens is 7. The molecule has 0 nitrogen and oxygen atoms in total. The van der Waals surface area contributed by atoms with Crippen LogP contribution in [0.5, 0.6) is 0 Å². The van der Waals surface area contributed by atoms with E-state index in [-0.39, 0.29) is 0 Å². The highest BCUT2D eigenvalue weighted by molar-refractivity contribution is 6.63. The number of alkyl halides is 7. The van der Waals surface area contributed by atoms with Crippen LogP contribution in [-0.4, -0.2) is 14.0 Å². The Balaban J connectivity index is 0. The monoisotopic (exact) mass is 284 g/mol. The van der Waals surface area contributed by atoms with Crippen LogP contribution in [0, 0.1) is 0 Å². The SMILES string of the molecule is ClC(Cl)C(Cl)Cl.ClC(Cl)Cl. The predicted octanol–water partition coefficient (Wildman–Crippen LogP) is 4.58. The topological polar surface area (TPSA) is 0 Å². The summed E-state index contributed by atoms with van der Waals surface area (Å²) < 4.78 is -0.750. The maximum Gasteiger partial charge on any atom is 0.180 e. The van der Waals surface area contributed by atoms with Gasteiger partial charge in [0.15, 0.2) is 4.30 Å². The molecule has 64 valence electrons. The van der Waals surface area contributed by atoms with Gasteiger partial charge in [-0.05, 0) is 0 Å². The van der Waals surface area contributed by atoms with E-state index in [1.807, 2.05) is 0 Å². The molecular weight excluding hydrogens is 284 g/mol. The highest BCUT2D eigenvalue weighted by atomic mass is 35.6. The van der Waals surface area contributed by atoms with Gasteiger partial charge in [-0.3, -0.25) is 0 Å². The van der Waals surface area contributed by atoms with E-state index >= 15 is 0 Å². The van der Waals surface area contributed by atoms with Crippen LogP contribution in [0.4, 0.5) is 0 Å². The summed E-state index contributed by atoms with van der Waals surface area (Å²) >= 11 is 34.9. The zero-order chi connectivity index (χ0) is 8.73. The molecule has 7 heteroatoms. The molecule has 0 heterocycles. The highest BCUT2D eigenvalue weighted by Gasteiger charge is 2.06. The summed E-state index contributed by atoms with van der Waals surface area (Å²) in [6, 6.07) is 0. The normalized spacial score (nSPS) is 10.2. The van der Waals surface area contributed by atoms with E-state index in [9.17, 15) is 0 Å². The standard InChI is InChI=1S/C2H2Cl4.CHCl3/c3-1(4)2(5)6;2-1(3)4/h1-2H;1H. The molecule has 0 bridgehead atoms. The fraction of sp³-hybridized carbons (Fsp3) is 1.00. The van der Waals surface area contributed by atoms with Crippen molar-refractivity contribution in [2.24, 2.45) is 0 Å². The lowest BCUT2D eigenvalue weighted by Crippen LogP contribution is -1.96. The van der Waals surface area contributed by atoms with E-state index in [4.69, 9.17) is 81.2 Å². The molecule has 0 fully saturated rings. The lowest BCUT2D eigenvalue weighted by molar-refractivity contribution is 1.29. The smallest absolute Gasteiger partial charge is 0.102 e. The molecule has 0 aromatic heterocycles. The summed E-state index contributed by atoms with van der Waals surface area (Å²) in [6.45, 7) is 0. The molecule has 0 unspecified atom stereocenters. The molecular formula is C3H3Cl7. The summed E-state index contributed by atoms with van der Waals surface area (Å²) in [7, 11) is 0. The fourth-order valence-electron chi connectivity index (χ4n) is 0. The van der Waals surface area contributed by atoms with E-state index in [1.165, 1.54) is 0 Å². The molecule has 0 saturated carbocycles. The van der Waals surface area contributed by atoms with Gasteiger partial charge in [0.25, 0.3) is 0 Å². The Kier molecular flexibility index (Phi) is 13.3. The quantitative estimate of drug-likeness (QED) is 0.619. The minimum absolute atomic E-state index is 0.673. The molecule has 0 amide bonds. The maximum absolute atomic E-state index is 5.11. The van der Waals surface area contributed by atoms with Gasteiger partial charge in [0.05, 0.1) is 0 Å². The zero-order valence-electron chi connectivity index (χ0n) is 4.38. The summed E-state index contributed by atoms with van der Waals surface area (Å²) in [5.41, 5.74) is 0. The second-order valence-electron chi connectivity index (χ2n) is 0.916. The Hall–Kier alpha value is 2.03. The first-order chi connectivity index (χ1) is 4.37.